The second-order valence-corrected chi connectivity index (χ2v) is 5.94. The first-order valence-corrected chi connectivity index (χ1v) is 8.83. The van der Waals surface area contributed by atoms with Crippen LogP contribution in [0.25, 0.3) is 0 Å². The molecule has 0 amide bonds. The summed E-state index contributed by atoms with van der Waals surface area (Å²) in [5.74, 6) is 0.550. The number of rotatable bonds is 11. The topological polar surface area (TPSA) is 97.3 Å². The Bertz CT molecular complexity index is 694. The average Bonchev–Trinajstić information content (AvgIpc) is 2.67. The molecular weight excluding hydrogens is 350 g/mol. The lowest BCUT2D eigenvalue weighted by atomic mass is 10.2. The second kappa shape index (κ2) is 11.1. The third kappa shape index (κ3) is 7.55. The molecule has 0 aliphatic heterocycles. The summed E-state index contributed by atoms with van der Waals surface area (Å²) in [6.45, 7) is 1.92. The van der Waals surface area contributed by atoms with E-state index in [4.69, 9.17) is 14.3 Å². The molecular formula is C20H25NO6. The van der Waals surface area contributed by atoms with Crippen molar-refractivity contribution >= 4 is 5.97 Å². The molecule has 7 heteroatoms. The van der Waals surface area contributed by atoms with Gasteiger partial charge in [-0.05, 0) is 30.7 Å². The Morgan fingerprint density at radius 3 is 2.56 bits per heavy atom. The normalized spacial score (nSPS) is 12.8. The van der Waals surface area contributed by atoms with Gasteiger partial charge in [-0.1, -0.05) is 37.6 Å². The monoisotopic (exact) mass is 375 g/mol. The number of hydrogen-bond acceptors (Lipinski definition) is 7. The van der Waals surface area contributed by atoms with E-state index in [1.807, 2.05) is 25.1 Å². The van der Waals surface area contributed by atoms with Crippen LogP contribution in [0.1, 0.15) is 19.8 Å². The molecule has 0 radical (unpaired) electrons. The Labute approximate surface area is 158 Å². The molecule has 27 heavy (non-hydrogen) atoms. The van der Waals surface area contributed by atoms with Crippen LogP contribution >= 0.6 is 0 Å². The first kappa shape index (κ1) is 20.5. The lowest BCUT2D eigenvalue weighted by Crippen LogP contribution is -2.38. The average molecular weight is 375 g/mol. The molecule has 2 unspecified atom stereocenters. The van der Waals surface area contributed by atoms with Crippen molar-refractivity contribution < 1.29 is 29.3 Å². The largest absolute Gasteiger partial charge is 0.508 e. The van der Waals surface area contributed by atoms with Crippen molar-refractivity contribution in [2.24, 2.45) is 0 Å². The number of phenols is 1. The smallest absolute Gasteiger partial charge is 0.365 e. The van der Waals surface area contributed by atoms with E-state index in [-0.39, 0.29) is 18.9 Å². The number of aromatic hydroxyl groups is 1. The van der Waals surface area contributed by atoms with Gasteiger partial charge in [0, 0.05) is 6.07 Å². The van der Waals surface area contributed by atoms with Crippen LogP contribution in [0.4, 0.5) is 0 Å². The van der Waals surface area contributed by atoms with Gasteiger partial charge in [0.05, 0.1) is 6.54 Å². The maximum Gasteiger partial charge on any atom is 0.365 e. The van der Waals surface area contributed by atoms with Crippen molar-refractivity contribution in [2.75, 3.05) is 13.2 Å². The van der Waals surface area contributed by atoms with Crippen LogP contribution in [0.3, 0.4) is 0 Å². The lowest BCUT2D eigenvalue weighted by molar-refractivity contribution is -0.161. The van der Waals surface area contributed by atoms with Crippen LogP contribution in [0.15, 0.2) is 54.6 Å². The molecule has 146 valence electrons. The number of ether oxygens (including phenoxy) is 2. The minimum atomic E-state index is -0.903. The van der Waals surface area contributed by atoms with E-state index in [1.165, 1.54) is 12.1 Å². The van der Waals surface area contributed by atoms with E-state index < -0.39 is 18.2 Å². The van der Waals surface area contributed by atoms with Gasteiger partial charge in [0.2, 0.25) is 0 Å². The Kier molecular flexibility index (Phi) is 8.41. The van der Waals surface area contributed by atoms with Gasteiger partial charge >= 0.3 is 5.97 Å². The van der Waals surface area contributed by atoms with E-state index >= 15 is 0 Å². The molecule has 0 aliphatic rings. The molecule has 0 aromatic heterocycles. The third-order valence-corrected chi connectivity index (χ3v) is 3.59. The zero-order valence-corrected chi connectivity index (χ0v) is 15.2. The SMILES string of the molecule is CCCC(Oc1ccccc1)C(=O)ONCC(O)COc1cccc(O)c1. The van der Waals surface area contributed by atoms with Gasteiger partial charge in [-0.15, -0.1) is 0 Å². The number of para-hydroxylation sites is 1. The highest BCUT2D eigenvalue weighted by Crippen LogP contribution is 2.17. The van der Waals surface area contributed by atoms with Gasteiger partial charge in [0.1, 0.15) is 30.0 Å². The zero-order chi connectivity index (χ0) is 19.5. The fourth-order valence-electron chi connectivity index (χ4n) is 2.25. The van der Waals surface area contributed by atoms with Crippen molar-refractivity contribution in [3.8, 4) is 17.2 Å². The van der Waals surface area contributed by atoms with Crippen LogP contribution in [-0.4, -0.2) is 41.5 Å². The molecule has 0 bridgehead atoms. The predicted molar refractivity (Wildman–Crippen MR) is 99.5 cm³/mol. The Morgan fingerprint density at radius 1 is 1.11 bits per heavy atom. The number of aliphatic hydroxyl groups is 1. The number of nitrogens with one attached hydrogen (secondary N) is 1. The summed E-state index contributed by atoms with van der Waals surface area (Å²) in [4.78, 5) is 17.2. The molecule has 0 heterocycles. The summed E-state index contributed by atoms with van der Waals surface area (Å²) in [5.41, 5.74) is 2.45. The maximum absolute atomic E-state index is 12.2. The van der Waals surface area contributed by atoms with Crippen molar-refractivity contribution in [3.05, 3.63) is 54.6 Å². The first-order valence-electron chi connectivity index (χ1n) is 8.83. The summed E-state index contributed by atoms with van der Waals surface area (Å²) in [5, 5.41) is 19.3. The molecule has 2 atom stereocenters. The number of benzene rings is 2. The molecule has 3 N–H and O–H groups in total. The molecule has 2 rings (SSSR count). The Balaban J connectivity index is 1.72. The van der Waals surface area contributed by atoms with Gasteiger partial charge in [0.15, 0.2) is 6.10 Å². The Morgan fingerprint density at radius 2 is 1.85 bits per heavy atom. The highest BCUT2D eigenvalue weighted by Gasteiger charge is 2.22. The van der Waals surface area contributed by atoms with Gasteiger partial charge in [-0.3, -0.25) is 0 Å². The molecule has 0 spiro atoms. The quantitative estimate of drug-likeness (QED) is 0.519. The predicted octanol–water partition coefficient (Wildman–Crippen LogP) is 2.43. The van der Waals surface area contributed by atoms with Crippen LogP contribution in [0.2, 0.25) is 0 Å². The van der Waals surface area contributed by atoms with E-state index in [2.05, 4.69) is 5.48 Å². The molecule has 0 saturated heterocycles. The minimum Gasteiger partial charge on any atom is -0.508 e. The van der Waals surface area contributed by atoms with Gasteiger partial charge in [-0.25, -0.2) is 4.79 Å². The number of hydrogen-bond donors (Lipinski definition) is 3. The van der Waals surface area contributed by atoms with Crippen molar-refractivity contribution in [3.63, 3.8) is 0 Å². The zero-order valence-electron chi connectivity index (χ0n) is 15.2. The van der Waals surface area contributed by atoms with Crippen LogP contribution in [-0.2, 0) is 9.63 Å². The van der Waals surface area contributed by atoms with Crippen molar-refractivity contribution in [2.45, 2.75) is 32.0 Å². The second-order valence-electron chi connectivity index (χ2n) is 5.94. The highest BCUT2D eigenvalue weighted by molar-refractivity contribution is 5.74. The van der Waals surface area contributed by atoms with E-state index in [0.717, 1.165) is 6.42 Å². The number of carbonyl (C=O) groups is 1. The van der Waals surface area contributed by atoms with Crippen LogP contribution in [0.5, 0.6) is 17.2 Å². The van der Waals surface area contributed by atoms with Gasteiger partial charge in [-0.2, -0.15) is 5.48 Å². The number of aliphatic hydroxyl groups excluding tert-OH is 1. The molecule has 2 aromatic rings. The van der Waals surface area contributed by atoms with Crippen molar-refractivity contribution in [1.82, 2.24) is 5.48 Å². The first-order chi connectivity index (χ1) is 13.1. The summed E-state index contributed by atoms with van der Waals surface area (Å²) < 4.78 is 11.0. The molecule has 2 aromatic carbocycles. The fourth-order valence-corrected chi connectivity index (χ4v) is 2.25. The lowest BCUT2D eigenvalue weighted by Gasteiger charge is -2.18. The summed E-state index contributed by atoms with van der Waals surface area (Å²) in [6.07, 6.45) is -0.364. The highest BCUT2D eigenvalue weighted by atomic mass is 16.7. The molecule has 0 fully saturated rings. The van der Waals surface area contributed by atoms with E-state index in [9.17, 15) is 15.0 Å². The van der Waals surface area contributed by atoms with E-state index in [0.29, 0.717) is 17.9 Å². The summed E-state index contributed by atoms with van der Waals surface area (Å²) in [6, 6.07) is 15.3. The summed E-state index contributed by atoms with van der Waals surface area (Å²) >= 11 is 0. The van der Waals surface area contributed by atoms with Crippen LogP contribution in [0, 0.1) is 0 Å². The number of phenolic OH excluding ortho intramolecular Hbond substituents is 1. The van der Waals surface area contributed by atoms with Gasteiger partial charge < -0.3 is 24.5 Å². The van der Waals surface area contributed by atoms with Crippen molar-refractivity contribution in [1.29, 1.82) is 0 Å². The van der Waals surface area contributed by atoms with Gasteiger partial charge in [0.25, 0.3) is 0 Å². The van der Waals surface area contributed by atoms with E-state index in [1.54, 1.807) is 24.3 Å². The number of hydroxylamine groups is 1. The maximum atomic E-state index is 12.2. The molecule has 0 aliphatic carbocycles. The van der Waals surface area contributed by atoms with Crippen LogP contribution < -0.4 is 15.0 Å². The fraction of sp³-hybridized carbons (Fsp3) is 0.350. The standard InChI is InChI=1S/C20H25NO6/c1-2-7-19(26-17-9-4-3-5-10-17)20(24)27-21-13-16(23)14-25-18-11-6-8-15(22)12-18/h3-6,8-12,16,19,21-23H,2,7,13-14H2,1H3. The summed E-state index contributed by atoms with van der Waals surface area (Å²) in [7, 11) is 0. The number of carbonyl (C=O) groups excluding carboxylic acids is 1. The molecule has 7 nitrogen and oxygen atoms in total. The Hall–Kier alpha value is -2.77. The minimum absolute atomic E-state index is 0.00522. The third-order valence-electron chi connectivity index (χ3n) is 3.59. The molecule has 0 saturated carbocycles.